The van der Waals surface area contributed by atoms with Gasteiger partial charge in [-0.1, -0.05) is 299 Å². The summed E-state index contributed by atoms with van der Waals surface area (Å²) in [6.45, 7) is 6.60. The molecule has 1 atom stereocenters. The summed E-state index contributed by atoms with van der Waals surface area (Å²) in [4.78, 5) is 38.4. The van der Waals surface area contributed by atoms with Crippen molar-refractivity contribution in [1.82, 2.24) is 0 Å². The second kappa shape index (κ2) is 67.4. The molecule has 0 fully saturated rings. The van der Waals surface area contributed by atoms with E-state index in [2.05, 4.69) is 93.7 Å². The van der Waals surface area contributed by atoms with Gasteiger partial charge < -0.3 is 14.2 Å². The average Bonchev–Trinajstić information content (AvgIpc) is 3.45. The van der Waals surface area contributed by atoms with E-state index in [0.29, 0.717) is 19.3 Å². The average molecular weight is 1100 g/mol. The smallest absolute Gasteiger partial charge is 0.306 e. The van der Waals surface area contributed by atoms with Crippen LogP contribution >= 0.6 is 0 Å². The molecule has 458 valence electrons. The molecule has 79 heavy (non-hydrogen) atoms. The predicted molar refractivity (Wildman–Crippen MR) is 344 cm³/mol. The quantitative estimate of drug-likeness (QED) is 0.0261. The highest BCUT2D eigenvalue weighted by molar-refractivity contribution is 5.71. The van der Waals surface area contributed by atoms with Gasteiger partial charge >= 0.3 is 17.9 Å². The highest BCUT2D eigenvalue weighted by Crippen LogP contribution is 2.17. The Morgan fingerprint density at radius 2 is 0.468 bits per heavy atom. The minimum Gasteiger partial charge on any atom is -0.462 e. The van der Waals surface area contributed by atoms with Gasteiger partial charge in [0, 0.05) is 19.3 Å². The van der Waals surface area contributed by atoms with E-state index in [1.807, 2.05) is 0 Å². The number of unbranched alkanes of at least 4 members (excludes halogenated alkanes) is 40. The number of hydrogen-bond acceptors (Lipinski definition) is 6. The third-order valence-corrected chi connectivity index (χ3v) is 15.2. The van der Waals surface area contributed by atoms with E-state index in [0.717, 1.165) is 96.3 Å². The summed E-state index contributed by atoms with van der Waals surface area (Å²) >= 11 is 0. The van der Waals surface area contributed by atoms with Crippen LogP contribution in [0.15, 0.2) is 72.9 Å². The molecule has 0 aliphatic carbocycles. The third-order valence-electron chi connectivity index (χ3n) is 15.2. The number of ether oxygens (including phenoxy) is 3. The van der Waals surface area contributed by atoms with Crippen LogP contribution in [0.25, 0.3) is 0 Å². The second-order valence-corrected chi connectivity index (χ2v) is 23.1. The Morgan fingerprint density at radius 1 is 0.253 bits per heavy atom. The molecule has 0 radical (unpaired) electrons. The van der Waals surface area contributed by atoms with Crippen molar-refractivity contribution in [3.8, 4) is 0 Å². The monoisotopic (exact) mass is 1100 g/mol. The van der Waals surface area contributed by atoms with Gasteiger partial charge in [-0.25, -0.2) is 0 Å². The van der Waals surface area contributed by atoms with Gasteiger partial charge in [0.05, 0.1) is 0 Å². The Labute approximate surface area is 491 Å². The molecule has 6 heteroatoms. The van der Waals surface area contributed by atoms with Crippen LogP contribution in [0.4, 0.5) is 0 Å². The molecule has 0 aromatic rings. The Kier molecular flexibility index (Phi) is 64.7. The van der Waals surface area contributed by atoms with Crippen LogP contribution in [0.3, 0.4) is 0 Å². The van der Waals surface area contributed by atoms with Crippen molar-refractivity contribution in [2.45, 2.75) is 361 Å². The third kappa shape index (κ3) is 65.5. The fourth-order valence-electron chi connectivity index (χ4n) is 9.93. The Bertz CT molecular complexity index is 1450. The molecule has 0 aliphatic rings. The summed E-state index contributed by atoms with van der Waals surface area (Å²) in [5.74, 6) is -0.885. The Hall–Kier alpha value is -3.15. The minimum atomic E-state index is -0.786. The fraction of sp³-hybridized carbons (Fsp3) is 0.795. The lowest BCUT2D eigenvalue weighted by atomic mass is 10.0. The number of esters is 3. The molecule has 0 saturated carbocycles. The zero-order valence-electron chi connectivity index (χ0n) is 52.6. The van der Waals surface area contributed by atoms with Crippen molar-refractivity contribution < 1.29 is 28.6 Å². The summed E-state index contributed by atoms with van der Waals surface area (Å²) in [7, 11) is 0. The number of hydrogen-bond donors (Lipinski definition) is 0. The van der Waals surface area contributed by atoms with Gasteiger partial charge in [0.15, 0.2) is 6.10 Å². The lowest BCUT2D eigenvalue weighted by Gasteiger charge is -2.18. The molecule has 0 saturated heterocycles. The van der Waals surface area contributed by atoms with Gasteiger partial charge in [-0.2, -0.15) is 0 Å². The summed E-state index contributed by atoms with van der Waals surface area (Å²) in [6, 6.07) is 0. The highest BCUT2D eigenvalue weighted by Gasteiger charge is 2.19. The maximum absolute atomic E-state index is 12.9. The zero-order chi connectivity index (χ0) is 57.1. The summed E-state index contributed by atoms with van der Waals surface area (Å²) in [6.07, 6.45) is 87.8. The maximum atomic E-state index is 12.9. The lowest BCUT2D eigenvalue weighted by molar-refractivity contribution is -0.167. The molecule has 0 bridgehead atoms. The van der Waals surface area contributed by atoms with Crippen LogP contribution in [0.1, 0.15) is 355 Å². The lowest BCUT2D eigenvalue weighted by Crippen LogP contribution is -2.30. The van der Waals surface area contributed by atoms with E-state index in [9.17, 15) is 14.4 Å². The van der Waals surface area contributed by atoms with E-state index in [1.54, 1.807) is 0 Å². The Morgan fingerprint density at radius 3 is 0.747 bits per heavy atom. The molecule has 0 aliphatic heterocycles. The normalized spacial score (nSPS) is 12.5. The van der Waals surface area contributed by atoms with E-state index >= 15 is 0 Å². The molecule has 0 aromatic heterocycles. The van der Waals surface area contributed by atoms with Gasteiger partial charge in [0.25, 0.3) is 0 Å². The molecule has 0 amide bonds. The van der Waals surface area contributed by atoms with Crippen LogP contribution in [-0.2, 0) is 28.6 Å². The number of allylic oxidation sites excluding steroid dienone is 12. The summed E-state index contributed by atoms with van der Waals surface area (Å²) in [5, 5.41) is 0. The van der Waals surface area contributed by atoms with E-state index in [4.69, 9.17) is 14.2 Å². The predicted octanol–water partition coefficient (Wildman–Crippen LogP) is 23.7. The molecule has 0 heterocycles. The first-order valence-electron chi connectivity index (χ1n) is 34.4. The van der Waals surface area contributed by atoms with Crippen LogP contribution in [-0.4, -0.2) is 37.2 Å². The van der Waals surface area contributed by atoms with E-state index < -0.39 is 6.10 Å². The first kappa shape index (κ1) is 75.8. The van der Waals surface area contributed by atoms with Gasteiger partial charge in [-0.15, -0.1) is 0 Å². The van der Waals surface area contributed by atoms with Crippen molar-refractivity contribution in [2.24, 2.45) is 0 Å². The molecule has 0 spiro atoms. The van der Waals surface area contributed by atoms with Gasteiger partial charge in [-0.3, -0.25) is 14.4 Å². The summed E-state index contributed by atoms with van der Waals surface area (Å²) < 4.78 is 16.9. The molecule has 0 N–H and O–H groups in total. The first-order valence-corrected chi connectivity index (χ1v) is 34.4. The van der Waals surface area contributed by atoms with Crippen LogP contribution in [0.2, 0.25) is 0 Å². The van der Waals surface area contributed by atoms with Gasteiger partial charge in [0.2, 0.25) is 0 Å². The SMILES string of the molecule is CCCC/C=C\C/C=C\CCCCCCCC(=O)OCC(COC(=O)CCCCCCCCCCCCCCCCCCC/C=C\C/C=C\CCCCCCC)OC(=O)CCCCCCCCC/C=C\C/C=C\CCCCCC. The van der Waals surface area contributed by atoms with Crippen molar-refractivity contribution in [3.05, 3.63) is 72.9 Å². The largest absolute Gasteiger partial charge is 0.462 e. The fourth-order valence-corrected chi connectivity index (χ4v) is 9.93. The Balaban J connectivity index is 4.24. The molecular formula is C73H130O6. The molecule has 0 aromatic carbocycles. The second-order valence-electron chi connectivity index (χ2n) is 23.1. The molecule has 1 unspecified atom stereocenters. The molecule has 6 nitrogen and oxygen atoms in total. The van der Waals surface area contributed by atoms with E-state index in [1.165, 1.54) is 218 Å². The maximum Gasteiger partial charge on any atom is 0.306 e. The molecule has 0 rings (SSSR count). The van der Waals surface area contributed by atoms with Gasteiger partial charge in [-0.05, 0) is 109 Å². The van der Waals surface area contributed by atoms with Crippen LogP contribution in [0.5, 0.6) is 0 Å². The van der Waals surface area contributed by atoms with Crippen molar-refractivity contribution in [2.75, 3.05) is 13.2 Å². The number of carbonyl (C=O) groups is 3. The van der Waals surface area contributed by atoms with E-state index in [-0.39, 0.29) is 31.1 Å². The standard InChI is InChI=1S/C73H130O6/c1-4-7-10-13-16-19-22-25-28-30-32-33-34-35-36-37-38-39-40-41-42-44-45-48-51-54-57-60-63-66-72(75)78-69-70(68-77-71(74)65-62-59-56-53-50-47-27-24-21-18-15-12-9-6-3)79-73(76)67-64-61-58-55-52-49-46-43-31-29-26-23-20-17-14-11-8-5-2/h15,18,20,22-25,27,29-32,70H,4-14,16-17,19,21,26,28,33-69H2,1-3H3/b18-15-,23-20-,25-22-,27-24-,31-29-,32-30-. The van der Waals surface area contributed by atoms with Gasteiger partial charge in [0.1, 0.15) is 13.2 Å². The summed E-state index contributed by atoms with van der Waals surface area (Å²) in [5.41, 5.74) is 0. The number of rotatable bonds is 63. The minimum absolute atomic E-state index is 0.0806. The number of carbonyl (C=O) groups excluding carboxylic acids is 3. The van der Waals surface area contributed by atoms with Crippen molar-refractivity contribution in [3.63, 3.8) is 0 Å². The van der Waals surface area contributed by atoms with Crippen molar-refractivity contribution in [1.29, 1.82) is 0 Å². The van der Waals surface area contributed by atoms with Crippen molar-refractivity contribution >= 4 is 17.9 Å². The molecular weight excluding hydrogens is 973 g/mol. The first-order chi connectivity index (χ1) is 39.0. The van der Waals surface area contributed by atoms with Crippen LogP contribution in [0, 0.1) is 0 Å². The zero-order valence-corrected chi connectivity index (χ0v) is 52.6. The topological polar surface area (TPSA) is 78.9 Å². The van der Waals surface area contributed by atoms with Crippen LogP contribution < -0.4 is 0 Å². The highest BCUT2D eigenvalue weighted by atomic mass is 16.6.